The van der Waals surface area contributed by atoms with Gasteiger partial charge in [-0.05, 0) is 36.6 Å². The van der Waals surface area contributed by atoms with Gasteiger partial charge in [-0.2, -0.15) is 5.10 Å². The number of rotatable bonds is 3. The summed E-state index contributed by atoms with van der Waals surface area (Å²) in [6, 6.07) is 12.8. The quantitative estimate of drug-likeness (QED) is 0.728. The van der Waals surface area contributed by atoms with Gasteiger partial charge < -0.3 is 4.90 Å². The molecule has 0 aliphatic carbocycles. The van der Waals surface area contributed by atoms with E-state index in [0.717, 1.165) is 24.8 Å². The molecular weight excluding hydrogens is 290 g/mol. The Hall–Kier alpha value is -1.94. The third kappa shape index (κ3) is 2.71. The van der Waals surface area contributed by atoms with E-state index in [1.54, 1.807) is 0 Å². The first-order valence-electron chi connectivity index (χ1n) is 7.88. The molecule has 0 atom stereocenters. The fraction of sp³-hybridized carbons (Fsp3) is 0.333. The molecule has 1 fully saturated rings. The molecule has 0 bridgehead atoms. The van der Waals surface area contributed by atoms with Gasteiger partial charge in [0.05, 0.1) is 6.20 Å². The summed E-state index contributed by atoms with van der Waals surface area (Å²) < 4.78 is 0. The van der Waals surface area contributed by atoms with Crippen LogP contribution in [0.15, 0.2) is 48.0 Å². The summed E-state index contributed by atoms with van der Waals surface area (Å²) in [5.41, 5.74) is 0. The molecule has 3 heterocycles. The fourth-order valence-electron chi connectivity index (χ4n) is 3.31. The SMILES string of the molecule is c1csc(CC2CCN(c3nncc4ccccc34)CC2)c1. The molecule has 3 aromatic rings. The Labute approximate surface area is 134 Å². The van der Waals surface area contributed by atoms with Crippen LogP contribution in [0.2, 0.25) is 0 Å². The maximum absolute atomic E-state index is 4.41. The highest BCUT2D eigenvalue weighted by atomic mass is 32.1. The van der Waals surface area contributed by atoms with Crippen molar-refractivity contribution in [3.8, 4) is 0 Å². The number of hydrogen-bond donors (Lipinski definition) is 0. The number of benzene rings is 1. The van der Waals surface area contributed by atoms with Gasteiger partial charge in [-0.15, -0.1) is 16.4 Å². The highest BCUT2D eigenvalue weighted by Gasteiger charge is 2.22. The third-order valence-corrected chi connectivity index (χ3v) is 5.43. The zero-order valence-corrected chi connectivity index (χ0v) is 13.3. The second kappa shape index (κ2) is 6.05. The van der Waals surface area contributed by atoms with E-state index in [0.29, 0.717) is 0 Å². The highest BCUT2D eigenvalue weighted by Crippen LogP contribution is 2.29. The molecule has 0 radical (unpaired) electrons. The predicted octanol–water partition coefficient (Wildman–Crippen LogP) is 4.15. The van der Waals surface area contributed by atoms with Crippen molar-refractivity contribution >= 4 is 27.9 Å². The van der Waals surface area contributed by atoms with E-state index in [1.165, 1.54) is 34.9 Å². The normalized spacial score (nSPS) is 16.3. The summed E-state index contributed by atoms with van der Waals surface area (Å²) in [5.74, 6) is 1.85. The van der Waals surface area contributed by atoms with Crippen molar-refractivity contribution in [1.29, 1.82) is 0 Å². The van der Waals surface area contributed by atoms with Crippen molar-refractivity contribution in [3.63, 3.8) is 0 Å². The molecule has 3 nitrogen and oxygen atoms in total. The molecule has 1 saturated heterocycles. The molecule has 0 amide bonds. The van der Waals surface area contributed by atoms with Crippen LogP contribution < -0.4 is 4.90 Å². The van der Waals surface area contributed by atoms with Crippen molar-refractivity contribution in [2.45, 2.75) is 19.3 Å². The first-order valence-corrected chi connectivity index (χ1v) is 8.76. The van der Waals surface area contributed by atoms with Crippen LogP contribution in [-0.2, 0) is 6.42 Å². The lowest BCUT2D eigenvalue weighted by Gasteiger charge is -2.33. The molecule has 0 N–H and O–H groups in total. The molecule has 0 spiro atoms. The number of hydrogen-bond acceptors (Lipinski definition) is 4. The van der Waals surface area contributed by atoms with Crippen LogP contribution in [0.5, 0.6) is 0 Å². The van der Waals surface area contributed by atoms with Crippen molar-refractivity contribution in [1.82, 2.24) is 10.2 Å². The number of nitrogens with zero attached hydrogens (tertiary/aromatic N) is 3. The maximum Gasteiger partial charge on any atom is 0.159 e. The summed E-state index contributed by atoms with van der Waals surface area (Å²) in [5, 5.41) is 13.2. The Morgan fingerprint density at radius 1 is 1.09 bits per heavy atom. The second-order valence-corrected chi connectivity index (χ2v) is 7.00. The third-order valence-electron chi connectivity index (χ3n) is 4.53. The molecule has 0 saturated carbocycles. The van der Waals surface area contributed by atoms with Crippen LogP contribution in [0.3, 0.4) is 0 Å². The van der Waals surface area contributed by atoms with Crippen LogP contribution in [0.4, 0.5) is 5.82 Å². The summed E-state index contributed by atoms with van der Waals surface area (Å²) in [7, 11) is 0. The smallest absolute Gasteiger partial charge is 0.159 e. The standard InChI is InChI=1S/C18H19N3S/c1-2-6-17-15(4-1)13-19-20-18(17)21-9-7-14(8-10-21)12-16-5-3-11-22-16/h1-6,11,13-14H,7-10,12H2. The molecule has 1 aliphatic heterocycles. The van der Waals surface area contributed by atoms with E-state index in [4.69, 9.17) is 0 Å². The average Bonchev–Trinajstić information content (AvgIpc) is 3.08. The van der Waals surface area contributed by atoms with E-state index >= 15 is 0 Å². The first kappa shape index (κ1) is 13.7. The Morgan fingerprint density at radius 3 is 2.77 bits per heavy atom. The van der Waals surface area contributed by atoms with Crippen molar-refractivity contribution in [2.24, 2.45) is 5.92 Å². The molecule has 4 rings (SSSR count). The minimum absolute atomic E-state index is 0.804. The zero-order chi connectivity index (χ0) is 14.8. The van der Waals surface area contributed by atoms with Crippen molar-refractivity contribution < 1.29 is 0 Å². The van der Waals surface area contributed by atoms with E-state index in [9.17, 15) is 0 Å². The largest absolute Gasteiger partial charge is 0.355 e. The highest BCUT2D eigenvalue weighted by molar-refractivity contribution is 7.09. The van der Waals surface area contributed by atoms with Gasteiger partial charge in [0.15, 0.2) is 5.82 Å². The number of fused-ring (bicyclic) bond motifs is 1. The Bertz CT molecular complexity index is 741. The summed E-state index contributed by atoms with van der Waals surface area (Å²) in [4.78, 5) is 3.92. The Morgan fingerprint density at radius 2 is 1.95 bits per heavy atom. The molecule has 4 heteroatoms. The van der Waals surface area contributed by atoms with Gasteiger partial charge in [-0.3, -0.25) is 0 Å². The molecule has 0 unspecified atom stereocenters. The maximum atomic E-state index is 4.41. The zero-order valence-electron chi connectivity index (χ0n) is 12.5. The monoisotopic (exact) mass is 309 g/mol. The Balaban J connectivity index is 1.49. The van der Waals surface area contributed by atoms with Crippen molar-refractivity contribution in [3.05, 3.63) is 52.9 Å². The van der Waals surface area contributed by atoms with Crippen LogP contribution in [0.1, 0.15) is 17.7 Å². The predicted molar refractivity (Wildman–Crippen MR) is 92.5 cm³/mol. The van der Waals surface area contributed by atoms with Gasteiger partial charge in [0.2, 0.25) is 0 Å². The van der Waals surface area contributed by atoms with Crippen LogP contribution in [0, 0.1) is 5.92 Å². The lowest BCUT2D eigenvalue weighted by atomic mass is 9.93. The van der Waals surface area contributed by atoms with Gasteiger partial charge in [0.25, 0.3) is 0 Å². The first-order chi connectivity index (χ1) is 10.9. The van der Waals surface area contributed by atoms with Gasteiger partial charge in [-0.25, -0.2) is 0 Å². The lowest BCUT2D eigenvalue weighted by Crippen LogP contribution is -2.35. The summed E-state index contributed by atoms with van der Waals surface area (Å²) >= 11 is 1.88. The number of anilines is 1. The van der Waals surface area contributed by atoms with Crippen LogP contribution in [-0.4, -0.2) is 23.3 Å². The van der Waals surface area contributed by atoms with E-state index in [2.05, 4.69) is 56.9 Å². The average molecular weight is 309 g/mol. The van der Waals surface area contributed by atoms with Gasteiger partial charge in [-0.1, -0.05) is 30.3 Å². The topological polar surface area (TPSA) is 29.0 Å². The lowest BCUT2D eigenvalue weighted by molar-refractivity contribution is 0.404. The number of thiophene rings is 1. The minimum Gasteiger partial charge on any atom is -0.355 e. The molecule has 1 aliphatic rings. The van der Waals surface area contributed by atoms with Crippen molar-refractivity contribution in [2.75, 3.05) is 18.0 Å². The van der Waals surface area contributed by atoms with E-state index in [1.807, 2.05) is 17.5 Å². The van der Waals surface area contributed by atoms with Crippen LogP contribution >= 0.6 is 11.3 Å². The molecule has 112 valence electrons. The summed E-state index contributed by atoms with van der Waals surface area (Å²) in [6.45, 7) is 2.16. The number of piperidine rings is 1. The van der Waals surface area contributed by atoms with Crippen LogP contribution in [0.25, 0.3) is 10.8 Å². The molecule has 2 aromatic heterocycles. The summed E-state index contributed by atoms with van der Waals surface area (Å²) in [6.07, 6.45) is 5.56. The van der Waals surface area contributed by atoms with Gasteiger partial charge in [0, 0.05) is 28.7 Å². The fourth-order valence-corrected chi connectivity index (χ4v) is 4.13. The number of aromatic nitrogens is 2. The second-order valence-electron chi connectivity index (χ2n) is 5.97. The minimum atomic E-state index is 0.804. The van der Waals surface area contributed by atoms with Gasteiger partial charge >= 0.3 is 0 Å². The van der Waals surface area contributed by atoms with Gasteiger partial charge in [0.1, 0.15) is 0 Å². The molecule has 22 heavy (non-hydrogen) atoms. The van der Waals surface area contributed by atoms with E-state index in [-0.39, 0.29) is 0 Å². The Kier molecular flexibility index (Phi) is 3.77. The molecule has 1 aromatic carbocycles. The molecular formula is C18H19N3S. The van der Waals surface area contributed by atoms with E-state index < -0.39 is 0 Å².